The molecule has 2 atom stereocenters. The fourth-order valence-electron chi connectivity index (χ4n) is 4.49. The summed E-state index contributed by atoms with van der Waals surface area (Å²) in [7, 11) is 1.44. The standard InChI is InChI=1S/C24H21F6N7O3/c1-3-19(38)35-9-13(7-14(35)10-40-24(28,29)30)37-22(32-2)20(21(31)39)16(34-37)5-4-12-6-17-18(8-15(12)25)36(11-33-17)23(26)27/h3,6,8,11,13-14,23,32H,1,7,9-10H2,2H3,(H2,31,39)/t13-,14+/m0/s1. The van der Waals surface area contributed by atoms with E-state index in [2.05, 4.69) is 38.6 Å². The highest BCUT2D eigenvalue weighted by Gasteiger charge is 2.40. The van der Waals surface area contributed by atoms with E-state index >= 15 is 0 Å². The maximum atomic E-state index is 14.7. The Balaban J connectivity index is 1.72. The molecule has 1 saturated heterocycles. The maximum Gasteiger partial charge on any atom is 0.522 e. The first-order valence-electron chi connectivity index (χ1n) is 11.5. The summed E-state index contributed by atoms with van der Waals surface area (Å²) in [6.45, 7) is -0.506. The average molecular weight is 569 g/mol. The summed E-state index contributed by atoms with van der Waals surface area (Å²) in [6.07, 6.45) is -3.14. The highest BCUT2D eigenvalue weighted by molar-refractivity contribution is 6.00. The number of anilines is 1. The molecule has 10 nitrogen and oxygen atoms in total. The van der Waals surface area contributed by atoms with Crippen LogP contribution in [0, 0.1) is 17.7 Å². The summed E-state index contributed by atoms with van der Waals surface area (Å²) in [6, 6.07) is 0.273. The van der Waals surface area contributed by atoms with Crippen molar-refractivity contribution < 1.29 is 40.7 Å². The van der Waals surface area contributed by atoms with Gasteiger partial charge in [-0.3, -0.25) is 18.9 Å². The van der Waals surface area contributed by atoms with Crippen LogP contribution in [0.3, 0.4) is 0 Å². The number of fused-ring (bicyclic) bond motifs is 1. The lowest BCUT2D eigenvalue weighted by Gasteiger charge is -2.23. The van der Waals surface area contributed by atoms with E-state index in [0.29, 0.717) is 4.57 Å². The molecule has 0 aliphatic carbocycles. The minimum atomic E-state index is -4.92. The number of rotatable bonds is 7. The van der Waals surface area contributed by atoms with Crippen LogP contribution in [0.25, 0.3) is 11.0 Å². The molecule has 3 aromatic rings. The van der Waals surface area contributed by atoms with E-state index in [1.165, 1.54) is 11.7 Å². The second-order valence-corrected chi connectivity index (χ2v) is 8.63. The molecule has 4 rings (SSSR count). The molecule has 2 amide bonds. The Morgan fingerprint density at radius 1 is 1.32 bits per heavy atom. The predicted molar refractivity (Wildman–Crippen MR) is 129 cm³/mol. The Kier molecular flexibility index (Phi) is 7.78. The smallest absolute Gasteiger partial charge is 0.373 e. The van der Waals surface area contributed by atoms with E-state index in [1.54, 1.807) is 0 Å². The van der Waals surface area contributed by atoms with Crippen molar-refractivity contribution in [1.29, 1.82) is 0 Å². The maximum absolute atomic E-state index is 14.7. The first-order valence-corrected chi connectivity index (χ1v) is 11.5. The van der Waals surface area contributed by atoms with Gasteiger partial charge in [-0.25, -0.2) is 14.1 Å². The van der Waals surface area contributed by atoms with Crippen molar-refractivity contribution in [1.82, 2.24) is 24.2 Å². The van der Waals surface area contributed by atoms with E-state index in [0.717, 1.165) is 29.4 Å². The van der Waals surface area contributed by atoms with Crippen LogP contribution in [0.2, 0.25) is 0 Å². The van der Waals surface area contributed by atoms with Gasteiger partial charge < -0.3 is 16.0 Å². The number of alkyl halides is 5. The molecule has 0 bridgehead atoms. The normalized spacial score (nSPS) is 17.2. The Morgan fingerprint density at radius 3 is 2.65 bits per heavy atom. The summed E-state index contributed by atoms with van der Waals surface area (Å²) >= 11 is 0. The van der Waals surface area contributed by atoms with Crippen LogP contribution in [0.15, 0.2) is 31.1 Å². The van der Waals surface area contributed by atoms with Crippen molar-refractivity contribution in [2.24, 2.45) is 5.73 Å². The van der Waals surface area contributed by atoms with Gasteiger partial charge in [-0.05, 0) is 24.5 Å². The number of carbonyl (C=O) groups is 2. The number of hydrogen-bond acceptors (Lipinski definition) is 6. The molecule has 0 spiro atoms. The van der Waals surface area contributed by atoms with Gasteiger partial charge in [0, 0.05) is 19.7 Å². The molecule has 1 aliphatic heterocycles. The topological polar surface area (TPSA) is 120 Å². The lowest BCUT2D eigenvalue weighted by molar-refractivity contribution is -0.327. The van der Waals surface area contributed by atoms with E-state index in [4.69, 9.17) is 5.73 Å². The van der Waals surface area contributed by atoms with Crippen LogP contribution in [0.1, 0.15) is 40.6 Å². The minimum absolute atomic E-state index is 0.0326. The Labute approximate surface area is 222 Å². The zero-order valence-corrected chi connectivity index (χ0v) is 20.7. The average Bonchev–Trinajstić information content (AvgIpc) is 3.59. The first kappa shape index (κ1) is 28.5. The molecule has 0 saturated carbocycles. The molecular weight excluding hydrogens is 548 g/mol. The summed E-state index contributed by atoms with van der Waals surface area (Å²) < 4.78 is 84.6. The van der Waals surface area contributed by atoms with Crippen molar-refractivity contribution in [2.45, 2.75) is 31.4 Å². The molecule has 3 N–H and O–H groups in total. The number of imidazole rings is 1. The molecule has 0 radical (unpaired) electrons. The molecule has 16 heteroatoms. The van der Waals surface area contributed by atoms with Crippen molar-refractivity contribution in [3.63, 3.8) is 0 Å². The van der Waals surface area contributed by atoms with Crippen molar-refractivity contribution in [3.05, 3.63) is 53.8 Å². The molecule has 212 valence electrons. The van der Waals surface area contributed by atoms with Crippen molar-refractivity contribution in [3.8, 4) is 11.8 Å². The number of nitrogens with zero attached hydrogens (tertiary/aromatic N) is 5. The highest BCUT2D eigenvalue weighted by Crippen LogP contribution is 2.33. The second kappa shape index (κ2) is 10.9. The number of amides is 2. The fourth-order valence-corrected chi connectivity index (χ4v) is 4.49. The van der Waals surface area contributed by atoms with Crippen LogP contribution < -0.4 is 11.1 Å². The first-order chi connectivity index (χ1) is 18.8. The number of likely N-dealkylation sites (tertiary alicyclic amines) is 1. The third kappa shape index (κ3) is 5.59. The van der Waals surface area contributed by atoms with Crippen LogP contribution >= 0.6 is 0 Å². The molecule has 2 aromatic heterocycles. The lowest BCUT2D eigenvalue weighted by atomic mass is 10.1. The number of halogens is 6. The SMILES string of the molecule is C=CC(=O)N1C[C@@H](n2nc(C#Cc3cc4ncn(C(F)F)c4cc3F)c(C(N)=O)c2NC)C[C@@H]1COC(F)(F)F. The van der Waals surface area contributed by atoms with E-state index in [9.17, 15) is 35.9 Å². The van der Waals surface area contributed by atoms with Crippen LogP contribution in [-0.4, -0.2) is 68.6 Å². The zero-order chi connectivity index (χ0) is 29.4. The van der Waals surface area contributed by atoms with Gasteiger partial charge in [-0.15, -0.1) is 13.2 Å². The summed E-state index contributed by atoms with van der Waals surface area (Å²) in [5, 5.41) is 7.05. The predicted octanol–water partition coefficient (Wildman–Crippen LogP) is 3.17. The molecule has 1 aromatic carbocycles. The number of nitrogens with one attached hydrogen (secondary N) is 1. The number of ether oxygens (including phenoxy) is 1. The van der Waals surface area contributed by atoms with Crippen molar-refractivity contribution >= 4 is 28.7 Å². The van der Waals surface area contributed by atoms with E-state index < -0.39 is 49.2 Å². The number of nitrogens with two attached hydrogens (primary N) is 1. The number of carbonyl (C=O) groups excluding carboxylic acids is 2. The van der Waals surface area contributed by atoms with Crippen LogP contribution in [0.4, 0.5) is 32.2 Å². The minimum Gasteiger partial charge on any atom is -0.373 e. The molecule has 40 heavy (non-hydrogen) atoms. The van der Waals surface area contributed by atoms with E-state index in [-0.39, 0.29) is 46.6 Å². The van der Waals surface area contributed by atoms with Crippen LogP contribution in [0.5, 0.6) is 0 Å². The van der Waals surface area contributed by atoms with Gasteiger partial charge in [0.15, 0.2) is 5.69 Å². The molecule has 3 heterocycles. The molecule has 1 aliphatic rings. The number of hydrogen-bond donors (Lipinski definition) is 2. The van der Waals surface area contributed by atoms with Gasteiger partial charge in [-0.1, -0.05) is 12.5 Å². The molecule has 1 fully saturated rings. The van der Waals surface area contributed by atoms with E-state index in [1.807, 2.05) is 0 Å². The van der Waals surface area contributed by atoms with Gasteiger partial charge >= 0.3 is 12.9 Å². The second-order valence-electron chi connectivity index (χ2n) is 8.63. The fraction of sp³-hybridized carbons (Fsp3) is 0.333. The Morgan fingerprint density at radius 2 is 2.05 bits per heavy atom. The quantitative estimate of drug-likeness (QED) is 0.256. The van der Waals surface area contributed by atoms with Gasteiger partial charge in [0.1, 0.15) is 23.5 Å². The third-order valence-corrected chi connectivity index (χ3v) is 6.22. The number of primary amides is 1. The number of aromatic nitrogens is 4. The zero-order valence-electron chi connectivity index (χ0n) is 20.7. The van der Waals surface area contributed by atoms with Crippen LogP contribution in [-0.2, 0) is 9.53 Å². The van der Waals surface area contributed by atoms with Gasteiger partial charge in [0.05, 0.1) is 35.3 Å². The highest BCUT2D eigenvalue weighted by atomic mass is 19.4. The molecule has 0 unspecified atom stereocenters. The summed E-state index contributed by atoms with van der Waals surface area (Å²) in [5.74, 6) is 2.59. The Bertz CT molecular complexity index is 1540. The third-order valence-electron chi connectivity index (χ3n) is 6.22. The number of benzene rings is 1. The van der Waals surface area contributed by atoms with Gasteiger partial charge in [0.2, 0.25) is 5.91 Å². The monoisotopic (exact) mass is 569 g/mol. The lowest BCUT2D eigenvalue weighted by Crippen LogP contribution is -2.38. The molecular formula is C24H21F6N7O3. The summed E-state index contributed by atoms with van der Waals surface area (Å²) in [4.78, 5) is 29.6. The summed E-state index contributed by atoms with van der Waals surface area (Å²) in [5.41, 5.74) is 4.84. The van der Waals surface area contributed by atoms with Gasteiger partial charge in [0.25, 0.3) is 5.91 Å². The Hall–Kier alpha value is -4.52. The van der Waals surface area contributed by atoms with Crippen molar-refractivity contribution in [2.75, 3.05) is 25.5 Å². The largest absolute Gasteiger partial charge is 0.522 e. The van der Waals surface area contributed by atoms with Gasteiger partial charge in [-0.2, -0.15) is 13.9 Å².